The number of aromatic nitrogens is 3. The van der Waals surface area contributed by atoms with Crippen molar-refractivity contribution < 1.29 is 4.74 Å². The zero-order valence-corrected chi connectivity index (χ0v) is 16.9. The van der Waals surface area contributed by atoms with E-state index in [4.69, 9.17) is 14.7 Å². The van der Waals surface area contributed by atoms with Gasteiger partial charge in [0.2, 0.25) is 17.4 Å². The molecule has 148 valence electrons. The number of aromatic amines is 1. The van der Waals surface area contributed by atoms with E-state index in [1.165, 1.54) is 6.07 Å². The van der Waals surface area contributed by atoms with Crippen LogP contribution in [-0.4, -0.2) is 52.6 Å². The standard InChI is InChI=1S/C21H21N5O2S/c1-2-25-8-10-26(11-9-25)21-23-16-7-12-29-19(16)20(24-21)28-15-5-3-14-4-6-18(27)22-17(14)13-15/h3-7,12-13H,2,8-11H2,1H3,(H,22,27). The number of hydrogen-bond acceptors (Lipinski definition) is 7. The smallest absolute Gasteiger partial charge is 0.248 e. The van der Waals surface area contributed by atoms with Gasteiger partial charge in [-0.25, -0.2) is 4.98 Å². The summed E-state index contributed by atoms with van der Waals surface area (Å²) in [6.07, 6.45) is 0. The maximum Gasteiger partial charge on any atom is 0.248 e. The highest BCUT2D eigenvalue weighted by Crippen LogP contribution is 2.34. The lowest BCUT2D eigenvalue weighted by Crippen LogP contribution is -2.46. The number of fused-ring (bicyclic) bond motifs is 2. The van der Waals surface area contributed by atoms with Gasteiger partial charge in [-0.2, -0.15) is 4.98 Å². The minimum atomic E-state index is -0.133. The van der Waals surface area contributed by atoms with E-state index in [2.05, 4.69) is 21.7 Å². The lowest BCUT2D eigenvalue weighted by Gasteiger charge is -2.34. The summed E-state index contributed by atoms with van der Waals surface area (Å²) in [7, 11) is 0. The van der Waals surface area contributed by atoms with Crippen LogP contribution in [0.25, 0.3) is 21.1 Å². The van der Waals surface area contributed by atoms with Crippen molar-refractivity contribution in [3.8, 4) is 11.6 Å². The van der Waals surface area contributed by atoms with Crippen LogP contribution in [-0.2, 0) is 0 Å². The second-order valence-corrected chi connectivity index (χ2v) is 7.97. The summed E-state index contributed by atoms with van der Waals surface area (Å²) in [6, 6.07) is 11.0. The molecule has 0 spiro atoms. The molecule has 4 heterocycles. The molecule has 0 atom stereocenters. The average Bonchev–Trinajstić information content (AvgIpc) is 3.22. The quantitative estimate of drug-likeness (QED) is 0.558. The third kappa shape index (κ3) is 3.56. The van der Waals surface area contributed by atoms with Gasteiger partial charge in [-0.1, -0.05) is 6.92 Å². The first-order chi connectivity index (χ1) is 14.2. The molecule has 0 aliphatic carbocycles. The highest BCUT2D eigenvalue weighted by atomic mass is 32.1. The van der Waals surface area contributed by atoms with Crippen molar-refractivity contribution in [1.29, 1.82) is 0 Å². The van der Waals surface area contributed by atoms with Gasteiger partial charge in [0.05, 0.1) is 11.0 Å². The number of anilines is 1. The molecule has 0 amide bonds. The molecule has 0 radical (unpaired) electrons. The SMILES string of the molecule is CCN1CCN(c2nc(Oc3ccc4ccc(=O)[nH]c4c3)c3sccc3n2)CC1. The number of nitrogens with one attached hydrogen (secondary N) is 1. The third-order valence-corrected chi connectivity index (χ3v) is 6.17. The minimum Gasteiger partial charge on any atom is -0.437 e. The Morgan fingerprint density at radius 1 is 1.10 bits per heavy atom. The number of hydrogen-bond donors (Lipinski definition) is 1. The number of piperazine rings is 1. The molecule has 0 bridgehead atoms. The second-order valence-electron chi connectivity index (χ2n) is 7.06. The van der Waals surface area contributed by atoms with Gasteiger partial charge in [-0.3, -0.25) is 4.79 Å². The van der Waals surface area contributed by atoms with Crippen molar-refractivity contribution in [2.75, 3.05) is 37.6 Å². The number of H-pyrrole nitrogens is 1. The molecular weight excluding hydrogens is 386 g/mol. The van der Waals surface area contributed by atoms with Crippen LogP contribution < -0.4 is 15.2 Å². The van der Waals surface area contributed by atoms with Crippen molar-refractivity contribution >= 4 is 38.4 Å². The summed E-state index contributed by atoms with van der Waals surface area (Å²) in [6.45, 7) is 7.08. The minimum absolute atomic E-state index is 0.133. The lowest BCUT2D eigenvalue weighted by molar-refractivity contribution is 0.269. The zero-order valence-electron chi connectivity index (χ0n) is 16.1. The Labute approximate surface area is 171 Å². The fraction of sp³-hybridized carbons (Fsp3) is 0.286. The summed E-state index contributed by atoms with van der Waals surface area (Å²) in [4.78, 5) is 28.6. The summed E-state index contributed by atoms with van der Waals surface area (Å²) in [5.74, 6) is 1.89. The van der Waals surface area contributed by atoms with E-state index < -0.39 is 0 Å². The van der Waals surface area contributed by atoms with Crippen LogP contribution in [0.1, 0.15) is 6.92 Å². The Morgan fingerprint density at radius 2 is 1.93 bits per heavy atom. The van der Waals surface area contributed by atoms with Crippen molar-refractivity contribution in [3.63, 3.8) is 0 Å². The van der Waals surface area contributed by atoms with Crippen LogP contribution >= 0.6 is 11.3 Å². The van der Waals surface area contributed by atoms with Gasteiger partial charge in [0.1, 0.15) is 10.4 Å². The Hall–Kier alpha value is -2.97. The largest absolute Gasteiger partial charge is 0.437 e. The first-order valence-corrected chi connectivity index (χ1v) is 10.6. The Balaban J connectivity index is 1.49. The van der Waals surface area contributed by atoms with E-state index >= 15 is 0 Å². The number of pyridine rings is 1. The number of thiophene rings is 1. The number of ether oxygens (including phenoxy) is 1. The molecule has 29 heavy (non-hydrogen) atoms. The molecule has 1 aromatic carbocycles. The highest BCUT2D eigenvalue weighted by Gasteiger charge is 2.20. The summed E-state index contributed by atoms with van der Waals surface area (Å²) < 4.78 is 7.09. The maximum absolute atomic E-state index is 11.6. The van der Waals surface area contributed by atoms with Crippen LogP contribution in [0.2, 0.25) is 0 Å². The predicted molar refractivity (Wildman–Crippen MR) is 116 cm³/mol. The molecule has 0 unspecified atom stereocenters. The van der Waals surface area contributed by atoms with Gasteiger partial charge < -0.3 is 19.5 Å². The van der Waals surface area contributed by atoms with Crippen LogP contribution in [0.3, 0.4) is 0 Å². The van der Waals surface area contributed by atoms with Crippen molar-refractivity contribution in [2.24, 2.45) is 0 Å². The second kappa shape index (κ2) is 7.46. The van der Waals surface area contributed by atoms with Gasteiger partial charge in [0.15, 0.2) is 0 Å². The number of nitrogens with zero attached hydrogens (tertiary/aromatic N) is 4. The number of benzene rings is 1. The fourth-order valence-corrected chi connectivity index (χ4v) is 4.36. The van der Waals surface area contributed by atoms with Gasteiger partial charge in [0, 0.05) is 38.3 Å². The number of rotatable bonds is 4. The van der Waals surface area contributed by atoms with E-state index in [1.54, 1.807) is 17.4 Å². The van der Waals surface area contributed by atoms with E-state index in [1.807, 2.05) is 29.6 Å². The van der Waals surface area contributed by atoms with E-state index in [0.29, 0.717) is 17.6 Å². The van der Waals surface area contributed by atoms with E-state index in [-0.39, 0.29) is 5.56 Å². The summed E-state index contributed by atoms with van der Waals surface area (Å²) >= 11 is 1.56. The van der Waals surface area contributed by atoms with Crippen molar-refractivity contribution in [1.82, 2.24) is 19.9 Å². The monoisotopic (exact) mass is 407 g/mol. The summed E-state index contributed by atoms with van der Waals surface area (Å²) in [5.41, 5.74) is 1.50. The number of likely N-dealkylation sites (N-methyl/N-ethyl adjacent to an activating group) is 1. The van der Waals surface area contributed by atoms with Crippen molar-refractivity contribution in [2.45, 2.75) is 6.92 Å². The molecule has 1 N–H and O–H groups in total. The topological polar surface area (TPSA) is 74.3 Å². The van der Waals surface area contributed by atoms with Gasteiger partial charge in [0.25, 0.3) is 0 Å². The normalized spacial score (nSPS) is 15.3. The molecule has 1 aliphatic heterocycles. The molecule has 5 rings (SSSR count). The van der Waals surface area contributed by atoms with Gasteiger partial charge >= 0.3 is 0 Å². The molecule has 4 aromatic rings. The molecule has 1 aliphatic rings. The Morgan fingerprint density at radius 3 is 2.76 bits per heavy atom. The van der Waals surface area contributed by atoms with Crippen LogP contribution in [0.4, 0.5) is 5.95 Å². The summed E-state index contributed by atoms with van der Waals surface area (Å²) in [5, 5.41) is 2.96. The molecular formula is C21H21N5O2S. The molecule has 7 nitrogen and oxygen atoms in total. The van der Waals surface area contributed by atoms with E-state index in [9.17, 15) is 4.79 Å². The lowest BCUT2D eigenvalue weighted by atomic mass is 10.2. The van der Waals surface area contributed by atoms with Crippen LogP contribution in [0.5, 0.6) is 11.6 Å². The molecule has 8 heteroatoms. The molecule has 1 saturated heterocycles. The third-order valence-electron chi connectivity index (χ3n) is 5.27. The maximum atomic E-state index is 11.6. The fourth-order valence-electron chi connectivity index (χ4n) is 3.60. The van der Waals surface area contributed by atoms with Crippen LogP contribution in [0, 0.1) is 0 Å². The Kier molecular flexibility index (Phi) is 4.65. The predicted octanol–water partition coefficient (Wildman–Crippen LogP) is 3.47. The first kappa shape index (κ1) is 18.1. The van der Waals surface area contributed by atoms with Gasteiger partial charge in [-0.05, 0) is 41.6 Å². The molecule has 3 aromatic heterocycles. The molecule has 1 fully saturated rings. The van der Waals surface area contributed by atoms with E-state index in [0.717, 1.165) is 53.8 Å². The van der Waals surface area contributed by atoms with Gasteiger partial charge in [-0.15, -0.1) is 11.3 Å². The van der Waals surface area contributed by atoms with Crippen molar-refractivity contribution in [3.05, 3.63) is 52.1 Å². The highest BCUT2D eigenvalue weighted by molar-refractivity contribution is 7.17. The Bertz CT molecular complexity index is 1230. The van der Waals surface area contributed by atoms with Crippen LogP contribution in [0.15, 0.2) is 46.6 Å². The average molecular weight is 407 g/mol. The first-order valence-electron chi connectivity index (χ1n) is 9.73. The zero-order chi connectivity index (χ0) is 19.8. The molecule has 0 saturated carbocycles.